The monoisotopic (exact) mass is 513 g/mol. The van der Waals surface area contributed by atoms with Crippen LogP contribution in [0.2, 0.25) is 0 Å². The number of hydrogen-bond donors (Lipinski definition) is 2. The number of aromatic nitrogens is 2. The van der Waals surface area contributed by atoms with Crippen LogP contribution in [-0.2, 0) is 12.5 Å². The third kappa shape index (κ3) is 4.24. The number of aromatic hydroxyl groups is 1. The summed E-state index contributed by atoms with van der Waals surface area (Å²) in [7, 11) is 0. The number of carbonyl (C=O) groups is 2. The number of amides is 2. The Morgan fingerprint density at radius 2 is 1.79 bits per heavy atom. The number of nitrogens with one attached hydrogen (secondary N) is 1. The molecule has 1 aliphatic heterocycles. The van der Waals surface area contributed by atoms with Gasteiger partial charge >= 0.3 is 0 Å². The van der Waals surface area contributed by atoms with Crippen LogP contribution in [0.15, 0.2) is 79.0 Å². The van der Waals surface area contributed by atoms with Crippen LogP contribution in [0.4, 0.5) is 20.2 Å². The zero-order valence-electron chi connectivity index (χ0n) is 20.1. The van der Waals surface area contributed by atoms with Crippen molar-refractivity contribution in [1.82, 2.24) is 9.78 Å². The number of nitriles is 1. The van der Waals surface area contributed by atoms with Gasteiger partial charge in [-0.05, 0) is 37.3 Å². The first-order valence-electron chi connectivity index (χ1n) is 11.7. The highest BCUT2D eigenvalue weighted by atomic mass is 19.3. The summed E-state index contributed by atoms with van der Waals surface area (Å²) in [6.07, 6.45) is 1.29. The molecule has 190 valence electrons. The van der Waals surface area contributed by atoms with E-state index in [9.17, 15) is 23.5 Å². The minimum Gasteiger partial charge on any atom is -0.507 e. The predicted octanol–water partition coefficient (Wildman–Crippen LogP) is 4.90. The number of halogens is 2. The zero-order valence-corrected chi connectivity index (χ0v) is 20.1. The highest BCUT2D eigenvalue weighted by molar-refractivity contribution is 6.15. The first-order valence-corrected chi connectivity index (χ1v) is 11.7. The maximum absolute atomic E-state index is 15.0. The normalized spacial score (nSPS) is 15.1. The van der Waals surface area contributed by atoms with E-state index in [1.165, 1.54) is 70.4 Å². The van der Waals surface area contributed by atoms with Gasteiger partial charge in [-0.1, -0.05) is 42.5 Å². The molecule has 0 saturated heterocycles. The van der Waals surface area contributed by atoms with E-state index in [2.05, 4.69) is 10.4 Å². The average Bonchev–Trinajstić information content (AvgIpc) is 3.35. The van der Waals surface area contributed by atoms with Crippen molar-refractivity contribution in [3.63, 3.8) is 0 Å². The van der Waals surface area contributed by atoms with Gasteiger partial charge in [0.1, 0.15) is 17.5 Å². The Morgan fingerprint density at radius 1 is 1.11 bits per heavy atom. The number of alkyl halides is 2. The van der Waals surface area contributed by atoms with Crippen molar-refractivity contribution in [1.29, 1.82) is 5.26 Å². The third-order valence-corrected chi connectivity index (χ3v) is 6.40. The Hall–Kier alpha value is -5.04. The van der Waals surface area contributed by atoms with Crippen LogP contribution in [0.5, 0.6) is 5.75 Å². The Balaban J connectivity index is 1.42. The lowest BCUT2D eigenvalue weighted by atomic mass is 9.99. The summed E-state index contributed by atoms with van der Waals surface area (Å²) in [6, 6.07) is 18.5. The van der Waals surface area contributed by atoms with E-state index in [1.807, 2.05) is 6.07 Å². The van der Waals surface area contributed by atoms with Gasteiger partial charge in [-0.3, -0.25) is 14.3 Å². The first-order chi connectivity index (χ1) is 18.2. The molecule has 3 aromatic carbocycles. The van der Waals surface area contributed by atoms with Crippen LogP contribution >= 0.6 is 0 Å². The van der Waals surface area contributed by atoms with Crippen LogP contribution in [0.3, 0.4) is 0 Å². The first kappa shape index (κ1) is 24.6. The number of phenols is 1. The van der Waals surface area contributed by atoms with Gasteiger partial charge in [0.15, 0.2) is 0 Å². The molecular formula is C28H21F2N5O3. The summed E-state index contributed by atoms with van der Waals surface area (Å²) in [5.74, 6) is -4.56. The highest BCUT2D eigenvalue weighted by Crippen LogP contribution is 2.37. The minimum absolute atomic E-state index is 0.0165. The van der Waals surface area contributed by atoms with E-state index < -0.39 is 17.7 Å². The van der Waals surface area contributed by atoms with E-state index >= 15 is 0 Å². The molecule has 0 saturated carbocycles. The van der Waals surface area contributed by atoms with Gasteiger partial charge in [-0.25, -0.2) is 0 Å². The fraction of sp³-hybridized carbons (Fsp3) is 0.143. The van der Waals surface area contributed by atoms with Crippen LogP contribution in [0.1, 0.15) is 44.5 Å². The summed E-state index contributed by atoms with van der Waals surface area (Å²) in [4.78, 5) is 28.1. The number of hydrogen-bond acceptors (Lipinski definition) is 5. The molecule has 2 N–H and O–H groups in total. The van der Waals surface area contributed by atoms with E-state index in [-0.39, 0.29) is 52.0 Å². The van der Waals surface area contributed by atoms with Gasteiger partial charge in [0, 0.05) is 22.5 Å². The molecule has 0 bridgehead atoms. The van der Waals surface area contributed by atoms with Crippen LogP contribution in [-0.4, -0.2) is 32.7 Å². The summed E-state index contributed by atoms with van der Waals surface area (Å²) in [5.41, 5.74) is 0.380. The smallest absolute Gasteiger partial charge is 0.298 e. The topological polar surface area (TPSA) is 111 Å². The number of nitrogens with zero attached hydrogens (tertiary/aromatic N) is 4. The predicted molar refractivity (Wildman–Crippen MR) is 135 cm³/mol. The molecule has 2 amide bonds. The van der Waals surface area contributed by atoms with Gasteiger partial charge in [0.25, 0.3) is 17.7 Å². The molecule has 2 heterocycles. The Bertz CT molecular complexity index is 1580. The Kier molecular flexibility index (Phi) is 6.12. The highest BCUT2D eigenvalue weighted by Gasteiger charge is 2.37. The SMILES string of the molecule is C[C@H]1Cn2ncc(C(=O)Nc3ccc(O)c(C#N)c3)c2C(=O)N1c1ccc(C(F)(F)c2ccccc2)cc1. The summed E-state index contributed by atoms with van der Waals surface area (Å²) >= 11 is 0. The molecule has 1 aliphatic rings. The van der Waals surface area contributed by atoms with Gasteiger partial charge in [0.2, 0.25) is 0 Å². The van der Waals surface area contributed by atoms with Gasteiger partial charge in [-0.2, -0.15) is 19.1 Å². The molecule has 38 heavy (non-hydrogen) atoms. The lowest BCUT2D eigenvalue weighted by molar-refractivity contribution is 0.0428. The molecule has 8 nitrogen and oxygen atoms in total. The second-order valence-electron chi connectivity index (χ2n) is 8.90. The summed E-state index contributed by atoms with van der Waals surface area (Å²) < 4.78 is 31.4. The van der Waals surface area contributed by atoms with Crippen molar-refractivity contribution in [3.05, 3.63) is 107 Å². The second kappa shape index (κ2) is 9.44. The van der Waals surface area contributed by atoms with Crippen molar-refractivity contribution in [3.8, 4) is 11.8 Å². The molecular weight excluding hydrogens is 492 g/mol. The molecule has 10 heteroatoms. The minimum atomic E-state index is -3.21. The van der Waals surface area contributed by atoms with Gasteiger partial charge < -0.3 is 15.3 Å². The van der Waals surface area contributed by atoms with Crippen LogP contribution < -0.4 is 10.2 Å². The van der Waals surface area contributed by atoms with E-state index in [0.29, 0.717) is 5.69 Å². The Labute approximate surface area is 216 Å². The Morgan fingerprint density at radius 3 is 2.47 bits per heavy atom. The maximum Gasteiger partial charge on any atom is 0.298 e. The lowest BCUT2D eigenvalue weighted by Gasteiger charge is -2.34. The van der Waals surface area contributed by atoms with E-state index in [1.54, 1.807) is 25.1 Å². The van der Waals surface area contributed by atoms with Gasteiger partial charge in [0.05, 0.1) is 29.9 Å². The largest absolute Gasteiger partial charge is 0.507 e. The lowest BCUT2D eigenvalue weighted by Crippen LogP contribution is -2.47. The maximum atomic E-state index is 15.0. The fourth-order valence-electron chi connectivity index (χ4n) is 4.48. The van der Waals surface area contributed by atoms with Crippen molar-refractivity contribution in [2.45, 2.75) is 25.4 Å². The van der Waals surface area contributed by atoms with Crippen molar-refractivity contribution in [2.24, 2.45) is 0 Å². The zero-order chi connectivity index (χ0) is 27.0. The molecule has 0 fully saturated rings. The fourth-order valence-corrected chi connectivity index (χ4v) is 4.48. The quantitative estimate of drug-likeness (QED) is 0.369. The molecule has 0 aliphatic carbocycles. The third-order valence-electron chi connectivity index (χ3n) is 6.40. The van der Waals surface area contributed by atoms with Crippen LogP contribution in [0.25, 0.3) is 0 Å². The number of benzene rings is 3. The number of anilines is 2. The molecule has 0 unspecified atom stereocenters. The van der Waals surface area contributed by atoms with Gasteiger partial charge in [-0.15, -0.1) is 0 Å². The molecule has 0 spiro atoms. The average molecular weight is 514 g/mol. The van der Waals surface area contributed by atoms with E-state index in [4.69, 9.17) is 5.26 Å². The molecule has 4 aromatic rings. The van der Waals surface area contributed by atoms with Crippen LogP contribution in [0, 0.1) is 11.3 Å². The summed E-state index contributed by atoms with van der Waals surface area (Å²) in [5, 5.41) is 25.6. The second-order valence-corrected chi connectivity index (χ2v) is 8.90. The van der Waals surface area contributed by atoms with Crippen molar-refractivity contribution < 1.29 is 23.5 Å². The number of fused-ring (bicyclic) bond motifs is 1. The van der Waals surface area contributed by atoms with E-state index in [0.717, 1.165) is 0 Å². The number of carbonyl (C=O) groups excluding carboxylic acids is 2. The molecule has 1 atom stereocenters. The van der Waals surface area contributed by atoms with Crippen molar-refractivity contribution >= 4 is 23.2 Å². The molecule has 1 aromatic heterocycles. The standard InChI is InChI=1S/C28H21F2N5O3/c1-17-16-34-25(23(15-32-34)26(37)33-21-9-12-24(36)18(13-21)14-31)27(38)35(17)22-10-7-20(8-11-22)28(29,30)19-5-3-2-4-6-19/h2-13,15,17,36H,16H2,1H3,(H,33,37)/t17-/m0/s1. The number of rotatable bonds is 5. The van der Waals surface area contributed by atoms with Crippen molar-refractivity contribution in [2.75, 3.05) is 10.2 Å². The number of phenolic OH excluding ortho intramolecular Hbond substituents is 1. The molecule has 0 radical (unpaired) electrons. The molecule has 5 rings (SSSR count). The summed E-state index contributed by atoms with van der Waals surface area (Å²) in [6.45, 7) is 2.09.